The molecule has 2 fully saturated rings. The van der Waals surface area contributed by atoms with Gasteiger partial charge in [-0.3, -0.25) is 14.9 Å². The van der Waals surface area contributed by atoms with Gasteiger partial charge in [0.05, 0.1) is 5.69 Å². The minimum atomic E-state index is -0.376. The number of fused-ring (bicyclic) bond motifs is 2. The van der Waals surface area contributed by atoms with Crippen LogP contribution in [0.4, 0.5) is 5.95 Å². The van der Waals surface area contributed by atoms with Crippen LogP contribution in [-0.4, -0.2) is 46.5 Å². The van der Waals surface area contributed by atoms with Gasteiger partial charge in [0.25, 0.3) is 5.56 Å². The van der Waals surface area contributed by atoms with Gasteiger partial charge in [0.1, 0.15) is 5.39 Å². The van der Waals surface area contributed by atoms with Crippen LogP contribution in [0.2, 0.25) is 0 Å². The lowest BCUT2D eigenvalue weighted by Crippen LogP contribution is -2.45. The molecule has 3 aliphatic rings. The van der Waals surface area contributed by atoms with Gasteiger partial charge >= 0.3 is 0 Å². The summed E-state index contributed by atoms with van der Waals surface area (Å²) in [5.74, 6) is 0.604. The van der Waals surface area contributed by atoms with Crippen LogP contribution < -0.4 is 16.2 Å². The summed E-state index contributed by atoms with van der Waals surface area (Å²) in [5, 5.41) is 8.36. The van der Waals surface area contributed by atoms with Crippen molar-refractivity contribution in [2.24, 2.45) is 11.1 Å². The van der Waals surface area contributed by atoms with Crippen LogP contribution >= 0.6 is 0 Å². The van der Waals surface area contributed by atoms with E-state index in [1.807, 2.05) is 18.2 Å². The molecule has 1 atom stereocenters. The lowest BCUT2D eigenvalue weighted by molar-refractivity contribution is 0.0622. The van der Waals surface area contributed by atoms with Gasteiger partial charge in [0.2, 0.25) is 5.95 Å². The fourth-order valence-corrected chi connectivity index (χ4v) is 7.03. The highest BCUT2D eigenvalue weighted by atomic mass is 16.5. The zero-order valence-electron chi connectivity index (χ0n) is 20.9. The second-order valence-electron chi connectivity index (χ2n) is 10.9. The van der Waals surface area contributed by atoms with Crippen molar-refractivity contribution >= 4 is 17.0 Å². The number of nitrogens with one attached hydrogen (secondary N) is 2. The van der Waals surface area contributed by atoms with E-state index in [0.717, 1.165) is 56.5 Å². The smallest absolute Gasteiger partial charge is 0.263 e. The molecule has 4 aromatic rings. The Kier molecular flexibility index (Phi) is 5.23. The van der Waals surface area contributed by atoms with Gasteiger partial charge in [-0.2, -0.15) is 10.1 Å². The number of piperidine rings is 1. The standard InChI is InChI=1S/C29H32N6O2/c30-23-21-9-5-4-6-19(21)18-28(23)10-14-35(15-11-28)27-31-25-22(26(36)32-27)24(33-34-25)29(12-16-37-17-13-29)20-7-2-1-3-8-20/h1-9,23H,10-18,30H2,(H2,31,32,33,34,36)/t23-/m1/s1. The van der Waals surface area contributed by atoms with E-state index < -0.39 is 0 Å². The van der Waals surface area contributed by atoms with Crippen molar-refractivity contribution in [1.29, 1.82) is 0 Å². The maximum absolute atomic E-state index is 13.6. The van der Waals surface area contributed by atoms with E-state index >= 15 is 0 Å². The average molecular weight is 497 g/mol. The molecule has 37 heavy (non-hydrogen) atoms. The predicted octanol–water partition coefficient (Wildman–Crippen LogP) is 3.59. The molecule has 2 aromatic carbocycles. The largest absolute Gasteiger partial charge is 0.381 e. The highest BCUT2D eigenvalue weighted by molar-refractivity contribution is 5.79. The topological polar surface area (TPSA) is 113 Å². The first-order valence-electron chi connectivity index (χ1n) is 13.3. The lowest BCUT2D eigenvalue weighted by Gasteiger charge is -2.42. The van der Waals surface area contributed by atoms with Crippen molar-refractivity contribution in [3.05, 3.63) is 87.3 Å². The van der Waals surface area contributed by atoms with Gasteiger partial charge in [-0.15, -0.1) is 0 Å². The summed E-state index contributed by atoms with van der Waals surface area (Å²) in [4.78, 5) is 23.7. The molecule has 0 bridgehead atoms. The van der Waals surface area contributed by atoms with E-state index in [1.54, 1.807) is 0 Å². The molecule has 2 aromatic heterocycles. The van der Waals surface area contributed by atoms with Crippen LogP contribution in [0, 0.1) is 5.41 Å². The molecule has 0 amide bonds. The molecule has 2 aliphatic heterocycles. The zero-order valence-corrected chi connectivity index (χ0v) is 20.9. The first-order chi connectivity index (χ1) is 18.1. The Morgan fingerprint density at radius 2 is 1.70 bits per heavy atom. The number of aromatic amines is 2. The Hall–Kier alpha value is -3.49. The Morgan fingerprint density at radius 3 is 2.46 bits per heavy atom. The third-order valence-corrected chi connectivity index (χ3v) is 9.19. The molecule has 4 heterocycles. The van der Waals surface area contributed by atoms with E-state index in [1.165, 1.54) is 11.1 Å². The maximum Gasteiger partial charge on any atom is 0.263 e. The minimum Gasteiger partial charge on any atom is -0.381 e. The Balaban J connectivity index is 1.20. The molecule has 7 rings (SSSR count). The summed E-state index contributed by atoms with van der Waals surface area (Å²) >= 11 is 0. The van der Waals surface area contributed by atoms with Crippen LogP contribution in [-0.2, 0) is 16.6 Å². The molecule has 0 saturated carbocycles. The van der Waals surface area contributed by atoms with Crippen molar-refractivity contribution in [3.63, 3.8) is 0 Å². The van der Waals surface area contributed by atoms with Gasteiger partial charge in [0, 0.05) is 37.8 Å². The van der Waals surface area contributed by atoms with Crippen LogP contribution in [0.25, 0.3) is 11.0 Å². The summed E-state index contributed by atoms with van der Waals surface area (Å²) in [6.45, 7) is 2.88. The first-order valence-corrected chi connectivity index (χ1v) is 13.3. The van der Waals surface area contributed by atoms with E-state index in [-0.39, 0.29) is 22.4 Å². The van der Waals surface area contributed by atoms with Crippen LogP contribution in [0.1, 0.15) is 54.1 Å². The third-order valence-electron chi connectivity index (χ3n) is 9.19. The minimum absolute atomic E-state index is 0.0594. The number of ether oxygens (including phenoxy) is 1. The molecule has 8 nitrogen and oxygen atoms in total. The van der Waals surface area contributed by atoms with Gasteiger partial charge in [-0.1, -0.05) is 54.6 Å². The number of benzene rings is 2. The van der Waals surface area contributed by atoms with Crippen molar-refractivity contribution in [2.45, 2.75) is 43.6 Å². The second kappa shape index (κ2) is 8.53. The van der Waals surface area contributed by atoms with Crippen molar-refractivity contribution in [3.8, 4) is 0 Å². The normalized spacial score (nSPS) is 22.4. The van der Waals surface area contributed by atoms with Crippen molar-refractivity contribution in [2.75, 3.05) is 31.2 Å². The lowest BCUT2D eigenvalue weighted by atomic mass is 9.71. The molecule has 4 N–H and O–H groups in total. The van der Waals surface area contributed by atoms with Gasteiger partial charge in [-0.05, 0) is 54.2 Å². The number of hydrogen-bond donors (Lipinski definition) is 3. The van der Waals surface area contributed by atoms with E-state index in [4.69, 9.17) is 20.6 Å². The summed E-state index contributed by atoms with van der Waals surface area (Å²) in [7, 11) is 0. The van der Waals surface area contributed by atoms with Crippen LogP contribution in [0.5, 0.6) is 0 Å². The van der Waals surface area contributed by atoms with E-state index in [0.29, 0.717) is 30.2 Å². The number of anilines is 1. The van der Waals surface area contributed by atoms with Crippen molar-refractivity contribution in [1.82, 2.24) is 20.2 Å². The second-order valence-corrected chi connectivity index (χ2v) is 10.9. The summed E-state index contributed by atoms with van der Waals surface area (Å²) in [6.07, 6.45) is 4.51. The summed E-state index contributed by atoms with van der Waals surface area (Å²) in [6, 6.07) is 19.0. The fraction of sp³-hybridized carbons (Fsp3) is 0.414. The molecule has 8 heteroatoms. The molecule has 2 saturated heterocycles. The van der Waals surface area contributed by atoms with Crippen LogP contribution in [0.3, 0.4) is 0 Å². The summed E-state index contributed by atoms with van der Waals surface area (Å²) < 4.78 is 5.70. The van der Waals surface area contributed by atoms with Gasteiger partial charge in [-0.25, -0.2) is 0 Å². The molecular formula is C29H32N6O2. The summed E-state index contributed by atoms with van der Waals surface area (Å²) in [5.41, 5.74) is 11.5. The molecule has 0 unspecified atom stereocenters. The molecule has 1 aliphatic carbocycles. The quantitative estimate of drug-likeness (QED) is 0.400. The molecule has 0 radical (unpaired) electrons. The van der Waals surface area contributed by atoms with Crippen molar-refractivity contribution < 1.29 is 4.74 Å². The maximum atomic E-state index is 13.6. The molecular weight excluding hydrogens is 464 g/mol. The number of nitrogens with zero attached hydrogens (tertiary/aromatic N) is 3. The molecule has 1 spiro atoms. The Labute approximate surface area is 215 Å². The fourth-order valence-electron chi connectivity index (χ4n) is 7.03. The highest BCUT2D eigenvalue weighted by Gasteiger charge is 2.46. The predicted molar refractivity (Wildman–Crippen MR) is 143 cm³/mol. The number of rotatable bonds is 3. The Bertz CT molecular complexity index is 1500. The van der Waals surface area contributed by atoms with E-state index in [2.05, 4.69) is 51.4 Å². The Morgan fingerprint density at radius 1 is 0.973 bits per heavy atom. The van der Waals surface area contributed by atoms with Gasteiger partial charge < -0.3 is 15.4 Å². The number of nitrogens with two attached hydrogens (primary N) is 1. The number of hydrogen-bond acceptors (Lipinski definition) is 6. The number of aromatic nitrogens is 4. The number of H-pyrrole nitrogens is 2. The van der Waals surface area contributed by atoms with Crippen LogP contribution in [0.15, 0.2) is 59.4 Å². The zero-order chi connectivity index (χ0) is 25.0. The van der Waals surface area contributed by atoms with E-state index in [9.17, 15) is 4.79 Å². The monoisotopic (exact) mass is 496 g/mol. The van der Waals surface area contributed by atoms with Gasteiger partial charge in [0.15, 0.2) is 5.65 Å². The molecule has 190 valence electrons. The third kappa shape index (κ3) is 3.46. The first kappa shape index (κ1) is 22.7. The average Bonchev–Trinajstić information content (AvgIpc) is 3.50. The highest BCUT2D eigenvalue weighted by Crippen LogP contribution is 2.51. The SMILES string of the molecule is N[C@@H]1c2ccccc2CC12CCN(c1nc3[nH]nc(C4(c5ccccc5)CCOCC4)c3c(=O)[nH]1)CC2.